The van der Waals surface area contributed by atoms with E-state index in [9.17, 15) is 4.79 Å². The Balaban J connectivity index is 1.49. The van der Waals surface area contributed by atoms with E-state index in [1.807, 2.05) is 55.5 Å². The minimum Gasteiger partial charge on any atom is -0.383 e. The molecule has 0 spiro atoms. The van der Waals surface area contributed by atoms with Crippen molar-refractivity contribution in [2.75, 3.05) is 11.1 Å². The Morgan fingerprint density at radius 2 is 2.03 bits per heavy atom. The number of nitrogens with two attached hydrogens (primary N) is 1. The fraction of sp³-hybridized carbons (Fsp3) is 0.222. The molecule has 0 aliphatic heterocycles. The summed E-state index contributed by atoms with van der Waals surface area (Å²) in [7, 11) is 0. The van der Waals surface area contributed by atoms with Crippen molar-refractivity contribution < 1.29 is 4.79 Å². The minimum absolute atomic E-state index is 0.0459. The van der Waals surface area contributed by atoms with Crippen molar-refractivity contribution in [2.24, 2.45) is 11.8 Å². The van der Waals surface area contributed by atoms with Crippen LogP contribution in [-0.2, 0) is 4.79 Å². The first-order valence-corrected chi connectivity index (χ1v) is 11.3. The van der Waals surface area contributed by atoms with Gasteiger partial charge in [-0.25, -0.2) is 9.97 Å². The summed E-state index contributed by atoms with van der Waals surface area (Å²) in [6.45, 7) is 2.03. The second-order valence-corrected chi connectivity index (χ2v) is 8.69. The average molecular weight is 449 g/mol. The summed E-state index contributed by atoms with van der Waals surface area (Å²) in [4.78, 5) is 26.3. The molecule has 2 atom stereocenters. The second kappa shape index (κ2) is 8.91. The number of nitriles is 1. The molecule has 3 N–H and O–H groups in total. The molecule has 3 aromatic heterocycles. The molecule has 168 valence electrons. The zero-order valence-corrected chi connectivity index (χ0v) is 18.8. The number of benzene rings is 1. The number of hydrogen-bond acceptors (Lipinski definition) is 6. The zero-order chi connectivity index (χ0) is 23.7. The van der Waals surface area contributed by atoms with E-state index in [1.165, 1.54) is 0 Å². The maximum absolute atomic E-state index is 12.6. The van der Waals surface area contributed by atoms with Crippen LogP contribution in [0.5, 0.6) is 0 Å². The third kappa shape index (κ3) is 4.18. The van der Waals surface area contributed by atoms with E-state index < -0.39 is 0 Å². The molecule has 5 rings (SSSR count). The average Bonchev–Trinajstić information content (AvgIpc) is 3.63. The van der Waals surface area contributed by atoms with Crippen LogP contribution in [0.3, 0.4) is 0 Å². The molecule has 0 bridgehead atoms. The van der Waals surface area contributed by atoms with E-state index in [1.54, 1.807) is 12.4 Å². The Hall–Kier alpha value is -4.31. The van der Waals surface area contributed by atoms with Crippen LogP contribution in [0.2, 0.25) is 0 Å². The summed E-state index contributed by atoms with van der Waals surface area (Å²) >= 11 is 0. The zero-order valence-electron chi connectivity index (χ0n) is 18.8. The van der Waals surface area contributed by atoms with Gasteiger partial charge in [-0.05, 0) is 54.8 Å². The highest BCUT2D eigenvalue weighted by Gasteiger charge is 2.42. The fourth-order valence-corrected chi connectivity index (χ4v) is 4.42. The number of aryl methyl sites for hydroxylation is 1. The summed E-state index contributed by atoms with van der Waals surface area (Å²) in [6, 6.07) is 17.9. The van der Waals surface area contributed by atoms with Gasteiger partial charge in [-0.15, -0.1) is 0 Å². The summed E-state index contributed by atoms with van der Waals surface area (Å²) in [6.07, 6.45) is 5.51. The molecule has 34 heavy (non-hydrogen) atoms. The highest BCUT2D eigenvalue weighted by atomic mass is 16.2. The lowest BCUT2D eigenvalue weighted by Crippen LogP contribution is -2.15. The highest BCUT2D eigenvalue weighted by molar-refractivity contribution is 5.99. The number of nitrogens with one attached hydrogen (secondary N) is 1. The van der Waals surface area contributed by atoms with E-state index in [2.05, 4.69) is 26.3 Å². The number of carbonyl (C=O) groups is 1. The van der Waals surface area contributed by atoms with E-state index >= 15 is 0 Å². The van der Waals surface area contributed by atoms with E-state index in [0.717, 1.165) is 51.7 Å². The minimum atomic E-state index is -0.0495. The van der Waals surface area contributed by atoms with Crippen LogP contribution in [0.25, 0.3) is 33.3 Å². The maximum atomic E-state index is 12.6. The molecular formula is C27H24N6O. The number of nitrogens with zero attached hydrogens (tertiary/aromatic N) is 4. The number of anilines is 2. The van der Waals surface area contributed by atoms with E-state index in [4.69, 9.17) is 11.0 Å². The molecule has 7 nitrogen and oxygen atoms in total. The lowest BCUT2D eigenvalue weighted by atomic mass is 9.97. The number of hydrogen-bond donors (Lipinski definition) is 2. The predicted molar refractivity (Wildman–Crippen MR) is 132 cm³/mol. The molecule has 7 heteroatoms. The van der Waals surface area contributed by atoms with Crippen LogP contribution in [0.1, 0.15) is 24.8 Å². The van der Waals surface area contributed by atoms with Gasteiger partial charge < -0.3 is 11.1 Å². The molecule has 0 radical (unpaired) electrons. The lowest BCUT2D eigenvalue weighted by molar-refractivity contribution is -0.117. The van der Waals surface area contributed by atoms with Crippen LogP contribution < -0.4 is 11.1 Å². The summed E-state index contributed by atoms with van der Waals surface area (Å²) in [5.41, 5.74) is 10.8. The maximum Gasteiger partial charge on any atom is 0.228 e. The predicted octanol–water partition coefficient (Wildman–Crippen LogP) is 5.13. The molecule has 1 aliphatic carbocycles. The summed E-state index contributed by atoms with van der Waals surface area (Å²) in [5.74, 6) is 1.04. The Labute approximate surface area is 197 Å². The van der Waals surface area contributed by atoms with Crippen molar-refractivity contribution in [1.29, 1.82) is 5.26 Å². The third-order valence-electron chi connectivity index (χ3n) is 6.35. The number of amides is 1. The van der Waals surface area contributed by atoms with Gasteiger partial charge in [0.15, 0.2) is 0 Å². The van der Waals surface area contributed by atoms with Crippen molar-refractivity contribution in [1.82, 2.24) is 15.0 Å². The molecule has 1 saturated carbocycles. The number of fused-ring (bicyclic) bond motifs is 1. The first-order valence-electron chi connectivity index (χ1n) is 11.3. The molecule has 0 unspecified atom stereocenters. The van der Waals surface area contributed by atoms with E-state index in [0.29, 0.717) is 18.1 Å². The molecule has 0 saturated heterocycles. The van der Waals surface area contributed by atoms with Crippen molar-refractivity contribution >= 4 is 28.3 Å². The second-order valence-electron chi connectivity index (χ2n) is 8.69. The van der Waals surface area contributed by atoms with Gasteiger partial charge in [0.25, 0.3) is 0 Å². The van der Waals surface area contributed by atoms with Gasteiger partial charge >= 0.3 is 0 Å². The molecule has 4 aromatic rings. The molecule has 1 fully saturated rings. The van der Waals surface area contributed by atoms with Gasteiger partial charge in [-0.2, -0.15) is 5.26 Å². The summed E-state index contributed by atoms with van der Waals surface area (Å²) < 4.78 is 0. The molecule has 1 amide bonds. The van der Waals surface area contributed by atoms with Crippen molar-refractivity contribution in [3.63, 3.8) is 0 Å². The first-order chi connectivity index (χ1) is 16.5. The van der Waals surface area contributed by atoms with Crippen LogP contribution >= 0.6 is 0 Å². The largest absolute Gasteiger partial charge is 0.383 e. The van der Waals surface area contributed by atoms with Crippen LogP contribution in [0.15, 0.2) is 60.9 Å². The monoisotopic (exact) mass is 448 g/mol. The van der Waals surface area contributed by atoms with Crippen LogP contribution in [0, 0.1) is 30.1 Å². The molecule has 1 aromatic carbocycles. The smallest absolute Gasteiger partial charge is 0.228 e. The normalized spacial score (nSPS) is 16.7. The number of rotatable bonds is 6. The number of pyridine rings is 3. The lowest BCUT2D eigenvalue weighted by Gasteiger charge is -2.14. The van der Waals surface area contributed by atoms with Crippen LogP contribution in [-0.4, -0.2) is 20.9 Å². The van der Waals surface area contributed by atoms with Gasteiger partial charge in [0, 0.05) is 41.2 Å². The molecular weight excluding hydrogens is 424 g/mol. The Kier molecular flexibility index (Phi) is 5.64. The first kappa shape index (κ1) is 21.5. The van der Waals surface area contributed by atoms with E-state index in [-0.39, 0.29) is 17.7 Å². The van der Waals surface area contributed by atoms with Crippen molar-refractivity contribution in [3.8, 4) is 28.6 Å². The SMILES string of the molecule is Cc1ccnc(-c2ccccc2)c1-c1cc2cc(NC(=O)[C@H]3C[C@@H]3CCC#N)ncc2c(N)n1. The van der Waals surface area contributed by atoms with Gasteiger partial charge in [-0.3, -0.25) is 9.78 Å². The molecule has 1 aliphatic rings. The van der Waals surface area contributed by atoms with Gasteiger partial charge in [0.2, 0.25) is 5.91 Å². The Morgan fingerprint density at radius 1 is 1.21 bits per heavy atom. The quantitative estimate of drug-likeness (QED) is 0.422. The number of nitrogen functional groups attached to an aromatic ring is 1. The standard InChI is InChI=1S/C27H24N6O/c1-16-9-11-30-25(17-6-3-2-4-7-17)24(16)22-13-19-14-23(31-15-21(19)26(29)32-22)33-27(34)20-12-18(20)8-5-10-28/h2-4,6-7,9,11,13-15,18,20H,5,8,12H2,1H3,(H2,29,32)(H,31,33,34)/t18-,20-/m0/s1. The third-order valence-corrected chi connectivity index (χ3v) is 6.35. The van der Waals surface area contributed by atoms with Gasteiger partial charge in [0.1, 0.15) is 11.6 Å². The number of aromatic nitrogens is 3. The summed E-state index contributed by atoms with van der Waals surface area (Å²) in [5, 5.41) is 13.2. The topological polar surface area (TPSA) is 118 Å². The highest BCUT2D eigenvalue weighted by Crippen LogP contribution is 2.42. The van der Waals surface area contributed by atoms with Gasteiger partial charge in [0.05, 0.1) is 17.5 Å². The fourth-order valence-electron chi connectivity index (χ4n) is 4.42. The Morgan fingerprint density at radius 3 is 2.82 bits per heavy atom. The van der Waals surface area contributed by atoms with Crippen molar-refractivity contribution in [2.45, 2.75) is 26.2 Å². The van der Waals surface area contributed by atoms with Gasteiger partial charge in [-0.1, -0.05) is 30.3 Å². The van der Waals surface area contributed by atoms with Crippen molar-refractivity contribution in [3.05, 3.63) is 66.5 Å². The van der Waals surface area contributed by atoms with Crippen LogP contribution in [0.4, 0.5) is 11.6 Å². The molecule has 3 heterocycles. The Bertz CT molecular complexity index is 1430. The number of carbonyl (C=O) groups excluding carboxylic acids is 1.